The van der Waals surface area contributed by atoms with E-state index in [0.717, 1.165) is 22.3 Å². The predicted octanol–water partition coefficient (Wildman–Crippen LogP) is 3.97. The van der Waals surface area contributed by atoms with E-state index < -0.39 is 12.1 Å². The number of hydrogen-bond donors (Lipinski definition) is 0. The highest BCUT2D eigenvalue weighted by atomic mass is 35.5. The Bertz CT molecular complexity index is 597. The van der Waals surface area contributed by atoms with Crippen molar-refractivity contribution in [3.05, 3.63) is 32.3 Å². The Hall–Kier alpha value is -1.26. The van der Waals surface area contributed by atoms with Crippen LogP contribution in [0.3, 0.4) is 0 Å². The number of carbonyl (C=O) groups is 1. The zero-order valence-corrected chi connectivity index (χ0v) is 13.9. The van der Waals surface area contributed by atoms with Crippen LogP contribution in [0.1, 0.15) is 35.6 Å². The number of oxime groups is 1. The molecule has 0 saturated heterocycles. The monoisotopic (exact) mass is 329 g/mol. The quantitative estimate of drug-likeness (QED) is 0.788. The molecule has 1 atom stereocenters. The molecule has 4 nitrogen and oxygen atoms in total. The maximum Gasteiger partial charge on any atom is 0.350 e. The molecule has 1 aromatic rings. The summed E-state index contributed by atoms with van der Waals surface area (Å²) in [5, 5.41) is 5.25. The van der Waals surface area contributed by atoms with Gasteiger partial charge in [-0.15, -0.1) is 0 Å². The fourth-order valence-corrected chi connectivity index (χ4v) is 2.91. The summed E-state index contributed by atoms with van der Waals surface area (Å²) < 4.78 is 4.95. The minimum Gasteiger partial charge on any atom is -0.463 e. The van der Waals surface area contributed by atoms with Crippen molar-refractivity contribution in [2.24, 2.45) is 5.16 Å². The molecule has 6 heteroatoms. The third-order valence-electron chi connectivity index (χ3n) is 3.57. The van der Waals surface area contributed by atoms with Crippen LogP contribution < -0.4 is 0 Å². The van der Waals surface area contributed by atoms with Gasteiger partial charge in [0.2, 0.25) is 6.10 Å². The third kappa shape index (κ3) is 2.87. The van der Waals surface area contributed by atoms with E-state index in [-0.39, 0.29) is 0 Å². The smallest absolute Gasteiger partial charge is 0.350 e. The summed E-state index contributed by atoms with van der Waals surface area (Å²) in [4.78, 5) is 16.9. The number of nitrogens with zero attached hydrogens (tertiary/aromatic N) is 1. The van der Waals surface area contributed by atoms with Gasteiger partial charge in [-0.1, -0.05) is 28.4 Å². The SMILES string of the molecule is CCOC(=O)C1CC(c2c(C)c(Cl)c(C)c(Cl)c2C)=NO1. The second kappa shape index (κ2) is 6.24. The average Bonchev–Trinajstić information content (AvgIpc) is 2.93. The molecule has 1 heterocycles. The second-order valence-electron chi connectivity index (χ2n) is 4.97. The number of rotatable bonds is 3. The summed E-state index contributed by atoms with van der Waals surface area (Å²) in [6.07, 6.45) is -0.339. The van der Waals surface area contributed by atoms with Gasteiger partial charge in [0.1, 0.15) is 0 Å². The summed E-state index contributed by atoms with van der Waals surface area (Å²) in [5.74, 6) is -0.407. The van der Waals surface area contributed by atoms with Gasteiger partial charge in [0.05, 0.1) is 12.3 Å². The summed E-state index contributed by atoms with van der Waals surface area (Å²) in [6.45, 7) is 7.77. The van der Waals surface area contributed by atoms with Crippen LogP contribution in [0.5, 0.6) is 0 Å². The van der Waals surface area contributed by atoms with Crippen LogP contribution in [0, 0.1) is 20.8 Å². The van der Waals surface area contributed by atoms with Crippen molar-refractivity contribution in [1.82, 2.24) is 0 Å². The summed E-state index contributed by atoms with van der Waals surface area (Å²) in [7, 11) is 0. The van der Waals surface area contributed by atoms with Crippen LogP contribution in [0.15, 0.2) is 5.16 Å². The number of esters is 1. The Balaban J connectivity index is 2.35. The van der Waals surface area contributed by atoms with Gasteiger partial charge < -0.3 is 9.57 Å². The molecule has 0 bridgehead atoms. The van der Waals surface area contributed by atoms with Crippen LogP contribution in [0.2, 0.25) is 10.0 Å². The molecule has 1 aliphatic heterocycles. The number of ether oxygens (including phenoxy) is 1. The first-order chi connectivity index (χ1) is 9.88. The summed E-state index contributed by atoms with van der Waals surface area (Å²) in [6, 6.07) is 0. The Labute approximate surface area is 134 Å². The van der Waals surface area contributed by atoms with E-state index in [1.807, 2.05) is 20.8 Å². The van der Waals surface area contributed by atoms with Crippen LogP contribution in [-0.2, 0) is 14.4 Å². The van der Waals surface area contributed by atoms with E-state index in [1.54, 1.807) is 6.92 Å². The van der Waals surface area contributed by atoms with Gasteiger partial charge in [-0.3, -0.25) is 0 Å². The van der Waals surface area contributed by atoms with E-state index in [4.69, 9.17) is 32.8 Å². The minimum atomic E-state index is -0.697. The Morgan fingerprint density at radius 1 is 1.24 bits per heavy atom. The Kier molecular flexibility index (Phi) is 4.79. The average molecular weight is 330 g/mol. The molecule has 1 unspecified atom stereocenters. The van der Waals surface area contributed by atoms with E-state index >= 15 is 0 Å². The Morgan fingerprint density at radius 2 is 1.81 bits per heavy atom. The van der Waals surface area contributed by atoms with Crippen molar-refractivity contribution in [3.63, 3.8) is 0 Å². The van der Waals surface area contributed by atoms with Crippen molar-refractivity contribution >= 4 is 34.9 Å². The molecule has 0 aliphatic carbocycles. The molecule has 1 aliphatic rings. The Morgan fingerprint density at radius 3 is 2.33 bits per heavy atom. The van der Waals surface area contributed by atoms with Crippen molar-refractivity contribution in [1.29, 1.82) is 0 Å². The zero-order chi connectivity index (χ0) is 15.7. The van der Waals surface area contributed by atoms with Gasteiger partial charge in [0.25, 0.3) is 0 Å². The molecule has 0 fully saturated rings. The van der Waals surface area contributed by atoms with E-state index in [2.05, 4.69) is 5.16 Å². The molecule has 21 heavy (non-hydrogen) atoms. The molecule has 0 saturated carbocycles. The summed E-state index contributed by atoms with van der Waals surface area (Å²) >= 11 is 12.6. The number of benzene rings is 1. The lowest BCUT2D eigenvalue weighted by Crippen LogP contribution is -2.23. The lowest BCUT2D eigenvalue weighted by molar-refractivity contribution is -0.154. The molecular weight excluding hydrogens is 313 g/mol. The highest BCUT2D eigenvalue weighted by Crippen LogP contribution is 2.36. The first-order valence-electron chi connectivity index (χ1n) is 6.72. The lowest BCUT2D eigenvalue weighted by atomic mass is 9.93. The minimum absolute atomic E-state index is 0.314. The normalized spacial score (nSPS) is 17.4. The third-order valence-corrected chi connectivity index (χ3v) is 4.71. The van der Waals surface area contributed by atoms with E-state index in [1.165, 1.54) is 0 Å². The molecule has 114 valence electrons. The molecule has 0 spiro atoms. The maximum atomic E-state index is 11.7. The van der Waals surface area contributed by atoms with Crippen LogP contribution in [0.4, 0.5) is 0 Å². The number of carbonyl (C=O) groups excluding carboxylic acids is 1. The van der Waals surface area contributed by atoms with Crippen molar-refractivity contribution in [2.75, 3.05) is 6.61 Å². The zero-order valence-electron chi connectivity index (χ0n) is 12.4. The van der Waals surface area contributed by atoms with Crippen molar-refractivity contribution in [3.8, 4) is 0 Å². The van der Waals surface area contributed by atoms with Crippen LogP contribution in [0.25, 0.3) is 0 Å². The molecule has 0 amide bonds. The molecule has 0 N–H and O–H groups in total. The first-order valence-corrected chi connectivity index (χ1v) is 7.48. The van der Waals surface area contributed by atoms with Gasteiger partial charge in [-0.2, -0.15) is 0 Å². The van der Waals surface area contributed by atoms with Crippen LogP contribution >= 0.6 is 23.2 Å². The molecule has 1 aromatic carbocycles. The van der Waals surface area contributed by atoms with Gasteiger partial charge in [-0.05, 0) is 44.4 Å². The lowest BCUT2D eigenvalue weighted by Gasteiger charge is -2.15. The highest BCUT2D eigenvalue weighted by molar-refractivity contribution is 6.38. The standard InChI is InChI=1S/C15H17Cl2NO3/c1-5-20-15(19)11-6-10(18-21-11)12-7(2)13(16)9(4)14(17)8(12)3/h11H,5-6H2,1-4H3. The molecular formula is C15H17Cl2NO3. The first kappa shape index (κ1) is 16.1. The largest absolute Gasteiger partial charge is 0.463 e. The molecule has 0 radical (unpaired) electrons. The van der Waals surface area contributed by atoms with Gasteiger partial charge >= 0.3 is 5.97 Å². The van der Waals surface area contributed by atoms with Gasteiger partial charge in [0, 0.05) is 22.0 Å². The van der Waals surface area contributed by atoms with Crippen LogP contribution in [-0.4, -0.2) is 24.4 Å². The second-order valence-corrected chi connectivity index (χ2v) is 5.72. The highest BCUT2D eigenvalue weighted by Gasteiger charge is 2.32. The fraction of sp³-hybridized carbons (Fsp3) is 0.467. The molecule has 0 aromatic heterocycles. The summed E-state index contributed by atoms with van der Waals surface area (Å²) in [5.41, 5.74) is 4.15. The van der Waals surface area contributed by atoms with Gasteiger partial charge in [-0.25, -0.2) is 4.79 Å². The number of halogens is 2. The van der Waals surface area contributed by atoms with Crippen molar-refractivity contribution < 1.29 is 14.4 Å². The van der Waals surface area contributed by atoms with E-state index in [9.17, 15) is 4.79 Å². The predicted molar refractivity (Wildman–Crippen MR) is 83.3 cm³/mol. The van der Waals surface area contributed by atoms with E-state index in [0.29, 0.717) is 28.8 Å². The number of hydrogen-bond acceptors (Lipinski definition) is 4. The van der Waals surface area contributed by atoms with Gasteiger partial charge in [0.15, 0.2) is 0 Å². The molecule has 2 rings (SSSR count). The maximum absolute atomic E-state index is 11.7. The topological polar surface area (TPSA) is 47.9 Å². The fourth-order valence-electron chi connectivity index (χ4n) is 2.48. The van der Waals surface area contributed by atoms with Crippen molar-refractivity contribution in [2.45, 2.75) is 40.2 Å².